The number of carbonyl (C=O) groups excluding carboxylic acids is 2. The van der Waals surface area contributed by atoms with Gasteiger partial charge in [-0.1, -0.05) is 0 Å². The van der Waals surface area contributed by atoms with E-state index in [2.05, 4.69) is 10.2 Å². The van der Waals surface area contributed by atoms with Gasteiger partial charge < -0.3 is 38.8 Å². The van der Waals surface area contributed by atoms with Crippen molar-refractivity contribution in [3.63, 3.8) is 0 Å². The molecule has 1 atom stereocenters. The second-order valence-electron chi connectivity index (χ2n) is 9.00. The van der Waals surface area contributed by atoms with Gasteiger partial charge in [0.25, 0.3) is 0 Å². The summed E-state index contributed by atoms with van der Waals surface area (Å²) in [5.41, 5.74) is 2.12. The molecule has 10 heteroatoms. The summed E-state index contributed by atoms with van der Waals surface area (Å²) >= 11 is 0. The number of amides is 2. The number of hydrogen-bond acceptors (Lipinski definition) is 8. The fourth-order valence-corrected chi connectivity index (χ4v) is 4.81. The summed E-state index contributed by atoms with van der Waals surface area (Å²) in [5, 5.41) is 3.00. The molecule has 0 unspecified atom stereocenters. The van der Waals surface area contributed by atoms with Crippen LogP contribution in [0.1, 0.15) is 20.3 Å². The maximum Gasteiger partial charge on any atom is 0.229 e. The summed E-state index contributed by atoms with van der Waals surface area (Å²) in [7, 11) is 0. The predicted octanol–water partition coefficient (Wildman–Crippen LogP) is 3.08. The van der Waals surface area contributed by atoms with E-state index in [4.69, 9.17) is 23.7 Å². The molecule has 0 aromatic heterocycles. The molecule has 3 heterocycles. The molecule has 198 valence electrons. The third kappa shape index (κ3) is 5.39. The highest BCUT2D eigenvalue weighted by Crippen LogP contribution is 2.40. The largest absolute Gasteiger partial charge is 0.492 e. The Balaban J connectivity index is 1.34. The molecule has 2 saturated heterocycles. The van der Waals surface area contributed by atoms with E-state index in [1.165, 1.54) is 0 Å². The highest BCUT2D eigenvalue weighted by molar-refractivity contribution is 6.04. The Morgan fingerprint density at radius 2 is 1.70 bits per heavy atom. The maximum atomic E-state index is 13.3. The highest BCUT2D eigenvalue weighted by Gasteiger charge is 2.36. The van der Waals surface area contributed by atoms with Crippen LogP contribution < -0.4 is 34.1 Å². The van der Waals surface area contributed by atoms with Gasteiger partial charge in [0.05, 0.1) is 43.7 Å². The number of ether oxygens (including phenoxy) is 5. The molecule has 2 amide bonds. The van der Waals surface area contributed by atoms with Crippen LogP contribution in [0.25, 0.3) is 0 Å². The summed E-state index contributed by atoms with van der Waals surface area (Å²) in [6.07, 6.45) is 0.119. The quantitative estimate of drug-likeness (QED) is 0.578. The van der Waals surface area contributed by atoms with E-state index < -0.39 is 5.92 Å². The normalized spacial score (nSPS) is 19.1. The van der Waals surface area contributed by atoms with E-state index in [-0.39, 0.29) is 24.8 Å². The van der Waals surface area contributed by atoms with Crippen LogP contribution in [-0.4, -0.2) is 71.1 Å². The molecular weight excluding hydrogens is 478 g/mol. The van der Waals surface area contributed by atoms with Crippen LogP contribution in [0.2, 0.25) is 0 Å². The highest BCUT2D eigenvalue weighted by atomic mass is 16.6. The number of rotatable bonds is 8. The number of hydrogen-bond donors (Lipinski definition) is 1. The fourth-order valence-electron chi connectivity index (χ4n) is 4.81. The van der Waals surface area contributed by atoms with E-state index in [0.717, 1.165) is 18.8 Å². The molecule has 0 aliphatic carbocycles. The van der Waals surface area contributed by atoms with Gasteiger partial charge in [0, 0.05) is 49.9 Å². The fraction of sp³-hybridized carbons (Fsp3) is 0.481. The van der Waals surface area contributed by atoms with Gasteiger partial charge in [-0.3, -0.25) is 9.59 Å². The number of benzene rings is 2. The Morgan fingerprint density at radius 3 is 2.46 bits per heavy atom. The van der Waals surface area contributed by atoms with Crippen molar-refractivity contribution in [3.05, 3.63) is 30.3 Å². The smallest absolute Gasteiger partial charge is 0.229 e. The van der Waals surface area contributed by atoms with E-state index in [0.29, 0.717) is 74.0 Å². The molecule has 1 N–H and O–H groups in total. The minimum atomic E-state index is -0.510. The van der Waals surface area contributed by atoms with Crippen molar-refractivity contribution in [1.29, 1.82) is 0 Å². The molecule has 10 nitrogen and oxygen atoms in total. The molecular formula is C27H33N3O7. The second kappa shape index (κ2) is 11.2. The zero-order valence-electron chi connectivity index (χ0n) is 21.3. The zero-order chi connectivity index (χ0) is 25.8. The van der Waals surface area contributed by atoms with Crippen LogP contribution in [0.15, 0.2) is 30.3 Å². The number of anilines is 3. The number of fused-ring (bicyclic) bond motifs is 1. The molecule has 5 rings (SSSR count). The Morgan fingerprint density at radius 1 is 0.973 bits per heavy atom. The summed E-state index contributed by atoms with van der Waals surface area (Å²) in [5.74, 6) is 1.64. The van der Waals surface area contributed by atoms with Crippen LogP contribution >= 0.6 is 0 Å². The third-order valence-electron chi connectivity index (χ3n) is 6.60. The van der Waals surface area contributed by atoms with Crippen LogP contribution in [0.5, 0.6) is 23.0 Å². The molecule has 37 heavy (non-hydrogen) atoms. The van der Waals surface area contributed by atoms with Crippen molar-refractivity contribution in [2.24, 2.45) is 5.92 Å². The lowest BCUT2D eigenvalue weighted by Gasteiger charge is -2.31. The van der Waals surface area contributed by atoms with Crippen molar-refractivity contribution in [1.82, 2.24) is 0 Å². The SMILES string of the molecule is CCOc1cc(N2CCOCC2)c(OCC)cc1NC(=O)[C@@H]1CC(=O)N(c2ccc3c(c2)OCCO3)C1. The van der Waals surface area contributed by atoms with Crippen molar-refractivity contribution in [2.75, 3.05) is 74.4 Å². The molecule has 0 bridgehead atoms. The Bertz CT molecular complexity index is 1150. The molecule has 0 saturated carbocycles. The second-order valence-corrected chi connectivity index (χ2v) is 9.00. The number of nitrogens with zero attached hydrogens (tertiary/aromatic N) is 2. The lowest BCUT2D eigenvalue weighted by Crippen LogP contribution is -2.36. The number of morpholine rings is 1. The van der Waals surface area contributed by atoms with Crippen molar-refractivity contribution < 1.29 is 33.3 Å². The van der Waals surface area contributed by atoms with Gasteiger partial charge in [-0.05, 0) is 26.0 Å². The first kappa shape index (κ1) is 25.0. The molecule has 3 aliphatic heterocycles. The first-order chi connectivity index (χ1) is 18.1. The predicted molar refractivity (Wildman–Crippen MR) is 138 cm³/mol. The minimum absolute atomic E-state index is 0.112. The molecule has 2 aromatic carbocycles. The van der Waals surface area contributed by atoms with E-state index in [1.54, 1.807) is 17.0 Å². The van der Waals surface area contributed by atoms with E-state index in [1.807, 2.05) is 32.0 Å². The average Bonchev–Trinajstić information content (AvgIpc) is 3.32. The van der Waals surface area contributed by atoms with Crippen molar-refractivity contribution >= 4 is 28.9 Å². The third-order valence-corrected chi connectivity index (χ3v) is 6.60. The number of nitrogens with one attached hydrogen (secondary N) is 1. The van der Waals surface area contributed by atoms with Gasteiger partial charge in [-0.25, -0.2) is 0 Å². The van der Waals surface area contributed by atoms with Crippen LogP contribution in [-0.2, 0) is 14.3 Å². The molecule has 2 fully saturated rings. The lowest BCUT2D eigenvalue weighted by atomic mass is 10.1. The van der Waals surface area contributed by atoms with Gasteiger partial charge in [-0.2, -0.15) is 0 Å². The average molecular weight is 512 g/mol. The topological polar surface area (TPSA) is 98.8 Å². The van der Waals surface area contributed by atoms with E-state index in [9.17, 15) is 9.59 Å². The minimum Gasteiger partial charge on any atom is -0.492 e. The van der Waals surface area contributed by atoms with Crippen LogP contribution in [0.3, 0.4) is 0 Å². The van der Waals surface area contributed by atoms with Crippen molar-refractivity contribution in [2.45, 2.75) is 20.3 Å². The summed E-state index contributed by atoms with van der Waals surface area (Å²) < 4.78 is 28.6. The summed E-state index contributed by atoms with van der Waals surface area (Å²) in [6, 6.07) is 9.13. The summed E-state index contributed by atoms with van der Waals surface area (Å²) in [4.78, 5) is 30.0. The van der Waals surface area contributed by atoms with Gasteiger partial charge in [0.1, 0.15) is 24.7 Å². The van der Waals surface area contributed by atoms with Gasteiger partial charge in [0.2, 0.25) is 11.8 Å². The standard InChI is InChI=1S/C27H33N3O7/c1-3-34-23-16-21(29-7-9-33-10-8-29)24(35-4-2)15-20(23)28-27(32)18-13-26(31)30(17-18)19-5-6-22-25(14-19)37-12-11-36-22/h5-6,14-16,18H,3-4,7-13,17H2,1-2H3,(H,28,32)/t18-/m1/s1. The van der Waals surface area contributed by atoms with Gasteiger partial charge >= 0.3 is 0 Å². The number of carbonyl (C=O) groups is 2. The van der Waals surface area contributed by atoms with Gasteiger partial charge in [0.15, 0.2) is 11.5 Å². The van der Waals surface area contributed by atoms with Crippen LogP contribution in [0, 0.1) is 5.92 Å². The Kier molecular flexibility index (Phi) is 7.55. The van der Waals surface area contributed by atoms with E-state index >= 15 is 0 Å². The molecule has 0 radical (unpaired) electrons. The molecule has 0 spiro atoms. The monoisotopic (exact) mass is 511 g/mol. The van der Waals surface area contributed by atoms with Crippen LogP contribution in [0.4, 0.5) is 17.1 Å². The first-order valence-corrected chi connectivity index (χ1v) is 12.8. The first-order valence-electron chi connectivity index (χ1n) is 12.8. The Labute approximate surface area is 216 Å². The Hall–Kier alpha value is -3.66. The lowest BCUT2D eigenvalue weighted by molar-refractivity contribution is -0.122. The molecule has 2 aromatic rings. The zero-order valence-corrected chi connectivity index (χ0v) is 21.3. The maximum absolute atomic E-state index is 13.3. The summed E-state index contributed by atoms with van der Waals surface area (Å²) in [6.45, 7) is 8.77. The van der Waals surface area contributed by atoms with Crippen molar-refractivity contribution in [3.8, 4) is 23.0 Å². The van der Waals surface area contributed by atoms with Gasteiger partial charge in [-0.15, -0.1) is 0 Å². The molecule has 3 aliphatic rings.